The van der Waals surface area contributed by atoms with Crippen LogP contribution in [0, 0.1) is 29.3 Å². The van der Waals surface area contributed by atoms with Crippen LogP contribution >= 0.6 is 0 Å². The van der Waals surface area contributed by atoms with Gasteiger partial charge in [-0.1, -0.05) is 74.2 Å². The van der Waals surface area contributed by atoms with Gasteiger partial charge in [-0.05, 0) is 64.2 Å². The molecule has 0 aliphatic carbocycles. The fourth-order valence-electron chi connectivity index (χ4n) is 4.12. The van der Waals surface area contributed by atoms with Crippen LogP contribution in [0.4, 0.5) is 26.3 Å². The minimum atomic E-state index is -4.93. The third-order valence-corrected chi connectivity index (χ3v) is 5.98. The van der Waals surface area contributed by atoms with Crippen LogP contribution in [-0.2, 0) is 6.42 Å². The number of halogens is 6. The molecule has 0 bridgehead atoms. The van der Waals surface area contributed by atoms with Gasteiger partial charge in [-0.25, -0.2) is 13.2 Å². The molecule has 4 aromatic carbocycles. The average molecular weight is 496 g/mol. The van der Waals surface area contributed by atoms with Gasteiger partial charge in [-0.15, -0.1) is 0 Å². The molecular weight excluding hydrogens is 474 g/mol. The Kier molecular flexibility index (Phi) is 7.40. The number of alkyl halides is 3. The maximum Gasteiger partial charge on any atom is 0.458 e. The average Bonchev–Trinajstić information content (AvgIpc) is 2.83. The van der Waals surface area contributed by atoms with Gasteiger partial charge in [-0.3, -0.25) is 0 Å². The van der Waals surface area contributed by atoms with E-state index in [1.807, 2.05) is 12.1 Å². The SMILES string of the molecule is CCCCCc1ccc(-c2ccc(-c3cc(F)c4c(F)c(C#CC(F)(F)F)c(F)cc4c3)cc2)cc1. The molecule has 0 radical (unpaired) electrons. The number of fused-ring (bicyclic) bond motifs is 1. The van der Waals surface area contributed by atoms with Crippen LogP contribution in [0.15, 0.2) is 66.7 Å². The van der Waals surface area contributed by atoms with Crippen molar-refractivity contribution in [2.75, 3.05) is 0 Å². The number of benzene rings is 4. The summed E-state index contributed by atoms with van der Waals surface area (Å²) in [6.45, 7) is 2.17. The van der Waals surface area contributed by atoms with Crippen molar-refractivity contribution in [3.05, 3.63) is 95.3 Å². The first-order chi connectivity index (χ1) is 17.2. The first kappa shape index (κ1) is 25.4. The first-order valence-electron chi connectivity index (χ1n) is 11.6. The van der Waals surface area contributed by atoms with E-state index in [4.69, 9.17) is 0 Å². The zero-order valence-corrected chi connectivity index (χ0v) is 19.4. The Hall–Kier alpha value is -3.72. The van der Waals surface area contributed by atoms with Gasteiger partial charge in [0.1, 0.15) is 11.6 Å². The molecule has 0 aliphatic rings. The molecule has 0 aliphatic heterocycles. The minimum Gasteiger partial charge on any atom is -0.206 e. The summed E-state index contributed by atoms with van der Waals surface area (Å²) >= 11 is 0. The lowest BCUT2D eigenvalue weighted by molar-refractivity contribution is -0.0696. The lowest BCUT2D eigenvalue weighted by atomic mass is 9.96. The number of unbranched alkanes of at least 4 members (excludes halogenated alkanes) is 2. The van der Waals surface area contributed by atoms with Crippen LogP contribution in [0.25, 0.3) is 33.0 Å². The standard InChI is InChI=1S/C30H22F6/c1-2-3-4-5-19-6-8-20(9-7-19)21-10-12-22(13-11-21)23-16-24-18-26(31)25(14-15-30(34,35)36)29(33)28(24)27(32)17-23/h6-13,16-18H,2-5H2,1H3. The van der Waals surface area contributed by atoms with Gasteiger partial charge in [0.2, 0.25) is 0 Å². The molecule has 4 aromatic rings. The summed E-state index contributed by atoms with van der Waals surface area (Å²) in [7, 11) is 0. The number of rotatable bonds is 6. The van der Waals surface area contributed by atoms with Crippen LogP contribution < -0.4 is 0 Å². The Morgan fingerprint density at radius 3 is 1.86 bits per heavy atom. The second-order valence-electron chi connectivity index (χ2n) is 8.58. The molecule has 184 valence electrons. The quantitative estimate of drug-likeness (QED) is 0.142. The van der Waals surface area contributed by atoms with Crippen LogP contribution in [0.1, 0.15) is 37.3 Å². The van der Waals surface area contributed by atoms with Crippen molar-refractivity contribution in [1.29, 1.82) is 0 Å². The normalized spacial score (nSPS) is 11.4. The molecule has 0 spiro atoms. The van der Waals surface area contributed by atoms with Crippen LogP contribution in [0.3, 0.4) is 0 Å². The Morgan fingerprint density at radius 2 is 1.28 bits per heavy atom. The fraction of sp³-hybridized carbons (Fsp3) is 0.200. The molecule has 0 heterocycles. The maximum atomic E-state index is 14.8. The second-order valence-corrected chi connectivity index (χ2v) is 8.58. The molecule has 0 unspecified atom stereocenters. The van der Waals surface area contributed by atoms with E-state index in [9.17, 15) is 26.3 Å². The zero-order chi connectivity index (χ0) is 25.9. The van der Waals surface area contributed by atoms with Crippen molar-refractivity contribution in [3.63, 3.8) is 0 Å². The number of aryl methyl sites for hydroxylation is 1. The highest BCUT2D eigenvalue weighted by Gasteiger charge is 2.24. The zero-order valence-electron chi connectivity index (χ0n) is 19.4. The highest BCUT2D eigenvalue weighted by Crippen LogP contribution is 2.32. The Bertz CT molecular complexity index is 1440. The van der Waals surface area contributed by atoms with Gasteiger partial charge < -0.3 is 0 Å². The molecule has 4 rings (SSSR count). The predicted molar refractivity (Wildman–Crippen MR) is 131 cm³/mol. The largest absolute Gasteiger partial charge is 0.458 e. The van der Waals surface area contributed by atoms with E-state index in [1.165, 1.54) is 30.4 Å². The lowest BCUT2D eigenvalue weighted by Crippen LogP contribution is -2.03. The molecule has 0 saturated heterocycles. The van der Waals surface area contributed by atoms with E-state index >= 15 is 0 Å². The van der Waals surface area contributed by atoms with E-state index in [-0.39, 0.29) is 5.39 Å². The summed E-state index contributed by atoms with van der Waals surface area (Å²) in [6, 6.07) is 18.9. The van der Waals surface area contributed by atoms with E-state index in [1.54, 1.807) is 12.1 Å². The lowest BCUT2D eigenvalue weighted by Gasteiger charge is -2.10. The molecule has 0 atom stereocenters. The topological polar surface area (TPSA) is 0 Å². The monoisotopic (exact) mass is 496 g/mol. The van der Waals surface area contributed by atoms with Crippen LogP contribution in [-0.4, -0.2) is 6.18 Å². The van der Waals surface area contributed by atoms with Crippen LogP contribution in [0.5, 0.6) is 0 Å². The molecule has 0 saturated carbocycles. The molecule has 6 heteroatoms. The third kappa shape index (κ3) is 5.73. The summed E-state index contributed by atoms with van der Waals surface area (Å²) in [5.74, 6) is -1.51. The first-order valence-corrected chi connectivity index (χ1v) is 11.6. The fourth-order valence-corrected chi connectivity index (χ4v) is 4.12. The number of hydrogen-bond acceptors (Lipinski definition) is 0. The molecule has 0 N–H and O–H groups in total. The van der Waals surface area contributed by atoms with Crippen molar-refractivity contribution in [1.82, 2.24) is 0 Å². The summed E-state index contributed by atoms with van der Waals surface area (Å²) in [6.07, 6.45) is -0.363. The van der Waals surface area contributed by atoms with Crippen molar-refractivity contribution >= 4 is 10.8 Å². The molecule has 0 amide bonds. The van der Waals surface area contributed by atoms with Gasteiger partial charge in [0.15, 0.2) is 5.82 Å². The summed E-state index contributed by atoms with van der Waals surface area (Å²) in [5.41, 5.74) is 3.16. The van der Waals surface area contributed by atoms with Crippen LogP contribution in [0.2, 0.25) is 0 Å². The van der Waals surface area contributed by atoms with Crippen molar-refractivity contribution in [2.45, 2.75) is 38.8 Å². The van der Waals surface area contributed by atoms with Crippen molar-refractivity contribution in [2.24, 2.45) is 0 Å². The van der Waals surface area contributed by atoms with Gasteiger partial charge in [0, 0.05) is 5.92 Å². The third-order valence-electron chi connectivity index (χ3n) is 5.98. The predicted octanol–water partition coefficient (Wildman–Crippen LogP) is 9.24. The van der Waals surface area contributed by atoms with Crippen molar-refractivity contribution < 1.29 is 26.3 Å². The molecule has 0 fully saturated rings. The highest BCUT2D eigenvalue weighted by atomic mass is 19.4. The van der Waals surface area contributed by atoms with Gasteiger partial charge >= 0.3 is 6.18 Å². The summed E-state index contributed by atoms with van der Waals surface area (Å²) < 4.78 is 81.0. The van der Waals surface area contributed by atoms with Gasteiger partial charge in [0.25, 0.3) is 0 Å². The molecular formula is C30H22F6. The Balaban J connectivity index is 1.63. The minimum absolute atomic E-state index is 0.111. The molecule has 0 aromatic heterocycles. The molecule has 0 nitrogen and oxygen atoms in total. The number of hydrogen-bond donors (Lipinski definition) is 0. The smallest absolute Gasteiger partial charge is 0.206 e. The van der Waals surface area contributed by atoms with E-state index in [2.05, 4.69) is 31.2 Å². The summed E-state index contributed by atoms with van der Waals surface area (Å²) in [5, 5.41) is -0.720. The van der Waals surface area contributed by atoms with Gasteiger partial charge in [0.05, 0.1) is 10.9 Å². The van der Waals surface area contributed by atoms with Crippen molar-refractivity contribution in [3.8, 4) is 34.1 Å². The molecule has 36 heavy (non-hydrogen) atoms. The summed E-state index contributed by atoms with van der Waals surface area (Å²) in [4.78, 5) is 0. The van der Waals surface area contributed by atoms with E-state index in [0.717, 1.165) is 42.0 Å². The highest BCUT2D eigenvalue weighted by molar-refractivity contribution is 5.90. The van der Waals surface area contributed by atoms with E-state index < -0.39 is 34.6 Å². The Morgan fingerprint density at radius 1 is 0.694 bits per heavy atom. The second kappa shape index (κ2) is 10.5. The maximum absolute atomic E-state index is 14.8. The Labute approximate surface area is 205 Å². The van der Waals surface area contributed by atoms with E-state index in [0.29, 0.717) is 11.1 Å². The van der Waals surface area contributed by atoms with Gasteiger partial charge in [-0.2, -0.15) is 13.2 Å².